The van der Waals surface area contributed by atoms with Gasteiger partial charge in [-0.05, 0) is 18.9 Å². The van der Waals surface area contributed by atoms with E-state index in [4.69, 9.17) is 4.74 Å². The Morgan fingerprint density at radius 1 is 1.18 bits per heavy atom. The van der Waals surface area contributed by atoms with Crippen LogP contribution in [0.1, 0.15) is 53.1 Å². The van der Waals surface area contributed by atoms with E-state index >= 15 is 0 Å². The van der Waals surface area contributed by atoms with E-state index in [0.717, 1.165) is 12.0 Å². The van der Waals surface area contributed by atoms with E-state index < -0.39 is 5.97 Å². The predicted octanol–water partition coefficient (Wildman–Crippen LogP) is 3.09. The third-order valence-electron chi connectivity index (χ3n) is 3.20. The number of ketones is 1. The van der Waals surface area contributed by atoms with Gasteiger partial charge in [-0.2, -0.15) is 5.10 Å². The minimum Gasteiger partial charge on any atom is -0.461 e. The summed E-state index contributed by atoms with van der Waals surface area (Å²) in [6.45, 7) is 4.42. The van der Waals surface area contributed by atoms with Crippen molar-refractivity contribution in [2.24, 2.45) is 0 Å². The Morgan fingerprint density at radius 3 is 2.55 bits per heavy atom. The molecule has 2 aromatic rings. The molecule has 0 amide bonds. The van der Waals surface area contributed by atoms with Gasteiger partial charge in [-0.3, -0.25) is 9.48 Å². The number of hydrogen-bond donors (Lipinski definition) is 0. The minimum absolute atomic E-state index is 0.0788. The van der Waals surface area contributed by atoms with E-state index in [1.165, 1.54) is 0 Å². The number of carbonyl (C=O) groups is 2. The average Bonchev–Trinajstić information content (AvgIpc) is 2.93. The maximum Gasteiger partial charge on any atom is 0.359 e. The molecule has 0 radical (unpaired) electrons. The fourth-order valence-corrected chi connectivity index (χ4v) is 2.19. The number of aromatic nitrogens is 2. The zero-order valence-corrected chi connectivity index (χ0v) is 12.9. The molecule has 2 rings (SSSR count). The number of hydrogen-bond acceptors (Lipinski definition) is 4. The topological polar surface area (TPSA) is 61.2 Å². The molecule has 0 fully saturated rings. The zero-order chi connectivity index (χ0) is 15.9. The summed E-state index contributed by atoms with van der Waals surface area (Å²) in [5, 5.41) is 4.25. The van der Waals surface area contributed by atoms with Crippen molar-refractivity contribution >= 4 is 11.8 Å². The molecule has 0 aliphatic rings. The lowest BCUT2D eigenvalue weighted by Crippen LogP contribution is -2.11. The first-order chi connectivity index (χ1) is 10.7. The molecule has 0 saturated heterocycles. The van der Waals surface area contributed by atoms with Crippen LogP contribution in [0.25, 0.3) is 0 Å². The van der Waals surface area contributed by atoms with Crippen LogP contribution >= 0.6 is 0 Å². The van der Waals surface area contributed by atoms with Crippen LogP contribution in [-0.4, -0.2) is 28.1 Å². The molecule has 0 atom stereocenters. The monoisotopic (exact) mass is 300 g/mol. The number of Topliss-reactive ketones (excluding diaryl/α,β-unsaturated/α-hetero) is 1. The Morgan fingerprint density at radius 2 is 1.91 bits per heavy atom. The number of benzene rings is 1. The van der Waals surface area contributed by atoms with Crippen LogP contribution in [-0.2, 0) is 11.3 Å². The molecule has 5 heteroatoms. The van der Waals surface area contributed by atoms with Crippen molar-refractivity contribution in [3.8, 4) is 0 Å². The normalized spacial score (nSPS) is 10.5. The molecule has 1 aromatic heterocycles. The fourth-order valence-electron chi connectivity index (χ4n) is 2.19. The molecule has 0 N–H and O–H groups in total. The lowest BCUT2D eigenvalue weighted by Gasteiger charge is -2.01. The quantitative estimate of drug-likeness (QED) is 0.582. The van der Waals surface area contributed by atoms with Gasteiger partial charge in [0.25, 0.3) is 0 Å². The van der Waals surface area contributed by atoms with Gasteiger partial charge in [0.05, 0.1) is 18.7 Å². The van der Waals surface area contributed by atoms with E-state index in [-0.39, 0.29) is 18.1 Å². The Hall–Kier alpha value is -2.43. The summed E-state index contributed by atoms with van der Waals surface area (Å²) in [6.07, 6.45) is 2.76. The first-order valence-electron chi connectivity index (χ1n) is 7.47. The van der Waals surface area contributed by atoms with Crippen LogP contribution < -0.4 is 0 Å². The van der Waals surface area contributed by atoms with Gasteiger partial charge in [0.15, 0.2) is 11.5 Å². The Labute approximate surface area is 129 Å². The smallest absolute Gasteiger partial charge is 0.359 e. The Kier molecular flexibility index (Phi) is 5.47. The Bertz CT molecular complexity index is 612. The summed E-state index contributed by atoms with van der Waals surface area (Å²) in [6, 6.07) is 9.76. The van der Waals surface area contributed by atoms with Gasteiger partial charge in [-0.15, -0.1) is 0 Å². The lowest BCUT2D eigenvalue weighted by atomic mass is 10.1. The minimum atomic E-state index is -0.547. The zero-order valence-electron chi connectivity index (χ0n) is 12.9. The highest BCUT2D eigenvalue weighted by molar-refractivity contribution is 6.05. The van der Waals surface area contributed by atoms with E-state index in [1.54, 1.807) is 17.8 Å². The van der Waals surface area contributed by atoms with Crippen LogP contribution in [0.4, 0.5) is 0 Å². The third-order valence-corrected chi connectivity index (χ3v) is 3.20. The molecule has 0 spiro atoms. The Balaban J connectivity index is 2.30. The van der Waals surface area contributed by atoms with Crippen molar-refractivity contribution in [1.82, 2.24) is 9.78 Å². The van der Waals surface area contributed by atoms with Gasteiger partial charge in [0.1, 0.15) is 0 Å². The molecule has 0 aliphatic heterocycles. The highest BCUT2D eigenvalue weighted by atomic mass is 16.5. The summed E-state index contributed by atoms with van der Waals surface area (Å²) < 4.78 is 6.61. The van der Waals surface area contributed by atoms with Crippen molar-refractivity contribution < 1.29 is 14.3 Å². The second kappa shape index (κ2) is 7.54. The number of carbonyl (C=O) groups excluding carboxylic acids is 2. The standard InChI is InChI=1S/C17H20N2O3/c1-3-8-15(20)14-12-19(11-13-9-6-5-7-10-13)18-16(14)17(21)22-4-2/h5-7,9-10,12H,3-4,8,11H2,1-2H3. The van der Waals surface area contributed by atoms with Gasteiger partial charge >= 0.3 is 5.97 Å². The van der Waals surface area contributed by atoms with E-state index in [1.807, 2.05) is 37.3 Å². The molecule has 5 nitrogen and oxygen atoms in total. The molecular formula is C17H20N2O3. The average molecular weight is 300 g/mol. The van der Waals surface area contributed by atoms with Crippen LogP contribution in [0.3, 0.4) is 0 Å². The molecule has 0 saturated carbocycles. The van der Waals surface area contributed by atoms with E-state index in [9.17, 15) is 9.59 Å². The van der Waals surface area contributed by atoms with Gasteiger partial charge in [0, 0.05) is 12.6 Å². The predicted molar refractivity (Wildman–Crippen MR) is 83.0 cm³/mol. The lowest BCUT2D eigenvalue weighted by molar-refractivity contribution is 0.0515. The highest BCUT2D eigenvalue weighted by Crippen LogP contribution is 2.14. The maximum absolute atomic E-state index is 12.2. The number of nitrogens with zero attached hydrogens (tertiary/aromatic N) is 2. The van der Waals surface area contributed by atoms with Crippen LogP contribution in [0.15, 0.2) is 36.5 Å². The summed E-state index contributed by atoms with van der Waals surface area (Å²) in [5.74, 6) is -0.626. The van der Waals surface area contributed by atoms with Crippen molar-refractivity contribution in [2.45, 2.75) is 33.2 Å². The third kappa shape index (κ3) is 3.81. The van der Waals surface area contributed by atoms with Gasteiger partial charge in [-0.1, -0.05) is 37.3 Å². The van der Waals surface area contributed by atoms with Crippen molar-refractivity contribution in [3.63, 3.8) is 0 Å². The number of esters is 1. The molecule has 0 bridgehead atoms. The van der Waals surface area contributed by atoms with Gasteiger partial charge < -0.3 is 4.74 Å². The molecule has 1 heterocycles. The van der Waals surface area contributed by atoms with E-state index in [2.05, 4.69) is 5.10 Å². The molecule has 0 aliphatic carbocycles. The second-order valence-electron chi connectivity index (χ2n) is 4.97. The number of rotatable bonds is 7. The summed E-state index contributed by atoms with van der Waals surface area (Å²) in [4.78, 5) is 24.2. The maximum atomic E-state index is 12.2. The SMILES string of the molecule is CCCC(=O)c1cn(Cc2ccccc2)nc1C(=O)OCC. The summed E-state index contributed by atoms with van der Waals surface area (Å²) in [7, 11) is 0. The molecule has 116 valence electrons. The fraction of sp³-hybridized carbons (Fsp3) is 0.353. The van der Waals surface area contributed by atoms with Crippen molar-refractivity contribution in [1.29, 1.82) is 0 Å². The van der Waals surface area contributed by atoms with Crippen LogP contribution in [0.5, 0.6) is 0 Å². The largest absolute Gasteiger partial charge is 0.461 e. The van der Waals surface area contributed by atoms with Crippen molar-refractivity contribution in [2.75, 3.05) is 6.61 Å². The summed E-state index contributed by atoms with van der Waals surface area (Å²) in [5.41, 5.74) is 1.50. The van der Waals surface area contributed by atoms with E-state index in [0.29, 0.717) is 18.5 Å². The highest BCUT2D eigenvalue weighted by Gasteiger charge is 2.22. The van der Waals surface area contributed by atoms with Crippen LogP contribution in [0, 0.1) is 0 Å². The number of ether oxygens (including phenoxy) is 1. The molecule has 22 heavy (non-hydrogen) atoms. The van der Waals surface area contributed by atoms with Gasteiger partial charge in [0.2, 0.25) is 0 Å². The first-order valence-corrected chi connectivity index (χ1v) is 7.47. The first kappa shape index (κ1) is 15.9. The molecule has 1 aromatic carbocycles. The molecule has 0 unspecified atom stereocenters. The van der Waals surface area contributed by atoms with Crippen molar-refractivity contribution in [3.05, 3.63) is 53.3 Å². The molecular weight excluding hydrogens is 280 g/mol. The summed E-state index contributed by atoms with van der Waals surface area (Å²) >= 11 is 0. The van der Waals surface area contributed by atoms with Crippen LogP contribution in [0.2, 0.25) is 0 Å². The second-order valence-corrected chi connectivity index (χ2v) is 4.97. The van der Waals surface area contributed by atoms with Gasteiger partial charge in [-0.25, -0.2) is 4.79 Å².